The number of rotatable bonds is 62. The topological polar surface area (TPSA) is 78.9 Å². The van der Waals surface area contributed by atoms with Crippen LogP contribution in [-0.2, 0) is 28.6 Å². The van der Waals surface area contributed by atoms with Crippen LogP contribution in [0.4, 0.5) is 0 Å². The molecule has 0 aliphatic rings. The predicted molar refractivity (Wildman–Crippen MR) is 330 cm³/mol. The van der Waals surface area contributed by atoms with Gasteiger partial charge in [-0.1, -0.05) is 333 Å². The molecule has 1 atom stereocenters. The van der Waals surface area contributed by atoms with Gasteiger partial charge in [-0.05, 0) is 57.8 Å². The lowest BCUT2D eigenvalue weighted by atomic mass is 10.0. The van der Waals surface area contributed by atoms with Gasteiger partial charge in [0, 0.05) is 19.3 Å². The number of esters is 3. The first-order chi connectivity index (χ1) is 37.5. The van der Waals surface area contributed by atoms with Crippen molar-refractivity contribution >= 4 is 17.9 Å². The maximum atomic E-state index is 12.8. The fourth-order valence-corrected chi connectivity index (χ4v) is 10.1. The molecule has 6 nitrogen and oxygen atoms in total. The SMILES string of the molecule is CC/C=C\C/C=C\C/C=C\C/C=C\CCCCCCCCCCC(=O)OC(COC(=O)CCCCCCC)COC(=O)CCCCCCCCCCCCCCCCCCCCCCCCCCCCCCCCCC. The fourth-order valence-electron chi connectivity index (χ4n) is 10.1. The third kappa shape index (κ3) is 62.2. The highest BCUT2D eigenvalue weighted by Gasteiger charge is 2.19. The summed E-state index contributed by atoms with van der Waals surface area (Å²) in [5, 5.41) is 0. The van der Waals surface area contributed by atoms with Crippen LogP contribution in [-0.4, -0.2) is 37.2 Å². The quantitative estimate of drug-likeness (QED) is 0.0261. The zero-order chi connectivity index (χ0) is 55.0. The molecule has 0 amide bonds. The van der Waals surface area contributed by atoms with Crippen LogP contribution in [0.15, 0.2) is 48.6 Å². The first-order valence-electron chi connectivity index (χ1n) is 33.6. The maximum Gasteiger partial charge on any atom is 0.306 e. The number of carbonyl (C=O) groups excluding carboxylic acids is 3. The lowest BCUT2D eigenvalue weighted by Crippen LogP contribution is -2.30. The summed E-state index contributed by atoms with van der Waals surface area (Å²) in [6, 6.07) is 0. The van der Waals surface area contributed by atoms with E-state index in [1.54, 1.807) is 0 Å². The van der Waals surface area contributed by atoms with Crippen LogP contribution in [0.1, 0.15) is 361 Å². The second kappa shape index (κ2) is 64.9. The van der Waals surface area contributed by atoms with Gasteiger partial charge in [0.2, 0.25) is 0 Å². The smallest absolute Gasteiger partial charge is 0.306 e. The minimum atomic E-state index is -0.773. The highest BCUT2D eigenvalue weighted by molar-refractivity contribution is 5.71. The zero-order valence-electron chi connectivity index (χ0n) is 51.0. The van der Waals surface area contributed by atoms with Crippen molar-refractivity contribution in [3.63, 3.8) is 0 Å². The lowest BCUT2D eigenvalue weighted by Gasteiger charge is -2.18. The maximum absolute atomic E-state index is 12.8. The number of unbranched alkanes of at least 4 members (excludes halogenated alkanes) is 43. The number of allylic oxidation sites excluding steroid dienone is 8. The van der Waals surface area contributed by atoms with Gasteiger partial charge in [0.25, 0.3) is 0 Å². The molecular weight excluding hydrogens is 937 g/mol. The van der Waals surface area contributed by atoms with E-state index in [1.165, 1.54) is 225 Å². The second-order valence-corrected chi connectivity index (χ2v) is 22.7. The molecule has 0 fully saturated rings. The molecule has 0 aromatic carbocycles. The van der Waals surface area contributed by atoms with Gasteiger partial charge in [0.15, 0.2) is 6.10 Å². The zero-order valence-corrected chi connectivity index (χ0v) is 51.0. The molecule has 1 unspecified atom stereocenters. The number of hydrogen-bond donors (Lipinski definition) is 0. The van der Waals surface area contributed by atoms with Gasteiger partial charge >= 0.3 is 17.9 Å². The summed E-state index contributed by atoms with van der Waals surface area (Å²) >= 11 is 0. The van der Waals surface area contributed by atoms with Crippen molar-refractivity contribution < 1.29 is 28.6 Å². The van der Waals surface area contributed by atoms with E-state index in [4.69, 9.17) is 14.2 Å². The van der Waals surface area contributed by atoms with Crippen LogP contribution in [0.25, 0.3) is 0 Å². The van der Waals surface area contributed by atoms with Crippen molar-refractivity contribution in [2.45, 2.75) is 367 Å². The van der Waals surface area contributed by atoms with Crippen molar-refractivity contribution in [2.75, 3.05) is 13.2 Å². The van der Waals surface area contributed by atoms with Gasteiger partial charge in [-0.25, -0.2) is 0 Å². The fraction of sp³-hybridized carbons (Fsp3) is 0.843. The summed E-state index contributed by atoms with van der Waals surface area (Å²) < 4.78 is 16.8. The Kier molecular flexibility index (Phi) is 62.6. The number of carbonyl (C=O) groups is 3. The van der Waals surface area contributed by atoms with Crippen LogP contribution in [0.3, 0.4) is 0 Å². The van der Waals surface area contributed by atoms with E-state index in [1.807, 2.05) is 0 Å². The molecule has 0 spiro atoms. The summed E-state index contributed by atoms with van der Waals surface area (Å²) in [6.07, 6.45) is 82.0. The van der Waals surface area contributed by atoms with E-state index in [0.717, 1.165) is 96.3 Å². The molecule has 0 aliphatic carbocycles. The highest BCUT2D eigenvalue weighted by atomic mass is 16.6. The number of ether oxygens (including phenoxy) is 3. The van der Waals surface area contributed by atoms with Crippen molar-refractivity contribution in [1.82, 2.24) is 0 Å². The second-order valence-electron chi connectivity index (χ2n) is 22.7. The van der Waals surface area contributed by atoms with Crippen LogP contribution in [0.5, 0.6) is 0 Å². The van der Waals surface area contributed by atoms with Gasteiger partial charge in [0.05, 0.1) is 0 Å². The highest BCUT2D eigenvalue weighted by Crippen LogP contribution is 2.18. The third-order valence-corrected chi connectivity index (χ3v) is 15.1. The molecule has 0 aliphatic heterocycles. The summed E-state index contributed by atoms with van der Waals surface area (Å²) in [4.78, 5) is 37.9. The molecule has 0 radical (unpaired) electrons. The summed E-state index contributed by atoms with van der Waals surface area (Å²) in [6.45, 7) is 6.49. The van der Waals surface area contributed by atoms with E-state index in [2.05, 4.69) is 69.4 Å². The third-order valence-electron chi connectivity index (χ3n) is 15.1. The lowest BCUT2D eigenvalue weighted by molar-refractivity contribution is -0.167. The summed E-state index contributed by atoms with van der Waals surface area (Å²) in [7, 11) is 0. The van der Waals surface area contributed by atoms with Gasteiger partial charge < -0.3 is 14.2 Å². The molecule has 0 bridgehead atoms. The van der Waals surface area contributed by atoms with Gasteiger partial charge in [-0.3, -0.25) is 14.4 Å². The normalized spacial score (nSPS) is 12.3. The van der Waals surface area contributed by atoms with Crippen molar-refractivity contribution in [2.24, 2.45) is 0 Å². The molecule has 0 aromatic rings. The molecule has 76 heavy (non-hydrogen) atoms. The standard InChI is InChI=1S/C70H128O6/c1-4-7-10-13-15-17-19-21-23-25-27-29-30-31-32-33-34-35-36-37-38-39-41-42-44-46-48-50-52-54-57-60-63-69(72)75-66-67(65-74-68(71)62-59-56-12-9-6-3)76-70(73)64-61-58-55-53-51-49-47-45-43-40-28-26-24-22-20-18-16-14-11-8-5-2/h8,11,16,18,22,24,28,40,67H,4-7,9-10,12-15,17,19-21,23,25-27,29-39,41-66H2,1-3H3/b11-8-,18-16-,24-22-,40-28-. The molecular formula is C70H128O6. The average Bonchev–Trinajstić information content (AvgIpc) is 3.42. The monoisotopic (exact) mass is 1060 g/mol. The van der Waals surface area contributed by atoms with Crippen molar-refractivity contribution in [1.29, 1.82) is 0 Å². The summed E-state index contributed by atoms with van der Waals surface area (Å²) in [5.74, 6) is -0.877. The number of hydrogen-bond acceptors (Lipinski definition) is 6. The Balaban J connectivity index is 3.92. The van der Waals surface area contributed by atoms with E-state index in [-0.39, 0.29) is 31.1 Å². The van der Waals surface area contributed by atoms with E-state index >= 15 is 0 Å². The minimum absolute atomic E-state index is 0.0731. The molecule has 0 rings (SSSR count). The van der Waals surface area contributed by atoms with E-state index in [0.29, 0.717) is 19.3 Å². The van der Waals surface area contributed by atoms with Crippen molar-refractivity contribution in [3.8, 4) is 0 Å². The Bertz CT molecular complexity index is 1310. The van der Waals surface area contributed by atoms with Crippen LogP contribution >= 0.6 is 0 Å². The predicted octanol–water partition coefficient (Wildman–Crippen LogP) is 22.9. The van der Waals surface area contributed by atoms with E-state index < -0.39 is 6.10 Å². The Morgan fingerprint density at radius 3 is 0.803 bits per heavy atom. The molecule has 0 aromatic heterocycles. The van der Waals surface area contributed by atoms with Gasteiger partial charge in [0.1, 0.15) is 13.2 Å². The first kappa shape index (κ1) is 73.4. The Hall–Kier alpha value is -2.63. The Morgan fingerprint density at radius 2 is 0.513 bits per heavy atom. The van der Waals surface area contributed by atoms with Crippen molar-refractivity contribution in [3.05, 3.63) is 48.6 Å². The Labute approximate surface area is 473 Å². The van der Waals surface area contributed by atoms with Gasteiger partial charge in [-0.2, -0.15) is 0 Å². The summed E-state index contributed by atoms with van der Waals surface area (Å²) in [5.41, 5.74) is 0. The van der Waals surface area contributed by atoms with Crippen LogP contribution < -0.4 is 0 Å². The van der Waals surface area contributed by atoms with Crippen LogP contribution in [0.2, 0.25) is 0 Å². The van der Waals surface area contributed by atoms with Crippen LogP contribution in [0, 0.1) is 0 Å². The molecule has 0 saturated heterocycles. The van der Waals surface area contributed by atoms with Gasteiger partial charge in [-0.15, -0.1) is 0 Å². The molecule has 0 heterocycles. The minimum Gasteiger partial charge on any atom is -0.462 e. The molecule has 0 saturated carbocycles. The molecule has 6 heteroatoms. The van der Waals surface area contributed by atoms with E-state index in [9.17, 15) is 14.4 Å². The molecule has 444 valence electrons. The largest absolute Gasteiger partial charge is 0.462 e. The Morgan fingerprint density at radius 1 is 0.276 bits per heavy atom. The molecule has 0 N–H and O–H groups in total. The first-order valence-corrected chi connectivity index (χ1v) is 33.6. The average molecular weight is 1070 g/mol.